The number of fused-ring (bicyclic) bond motifs is 1. The van der Waals surface area contributed by atoms with E-state index in [1.54, 1.807) is 24.3 Å². The molecule has 0 unspecified atom stereocenters. The van der Waals surface area contributed by atoms with Crippen molar-refractivity contribution in [2.75, 3.05) is 12.4 Å². The minimum absolute atomic E-state index is 0.0417. The molecule has 1 heterocycles. The Balaban J connectivity index is 1.93. The molecular formula is C17H17NO5S. The Morgan fingerprint density at radius 2 is 1.83 bits per heavy atom. The van der Waals surface area contributed by atoms with Crippen molar-refractivity contribution in [3.63, 3.8) is 0 Å². The van der Waals surface area contributed by atoms with Crippen LogP contribution in [-0.2, 0) is 21.3 Å². The van der Waals surface area contributed by atoms with Crippen LogP contribution in [0.25, 0.3) is 0 Å². The summed E-state index contributed by atoms with van der Waals surface area (Å²) in [5, 5.41) is 2.72. The SMILES string of the molecule is COc1cc(C)ccc1OS(=O)(=O)c1ccc2c(c1)CCC(=O)N2. The maximum absolute atomic E-state index is 12.5. The zero-order chi connectivity index (χ0) is 17.3. The van der Waals surface area contributed by atoms with Crippen molar-refractivity contribution in [1.29, 1.82) is 0 Å². The van der Waals surface area contributed by atoms with Gasteiger partial charge in [0.05, 0.1) is 7.11 Å². The zero-order valence-electron chi connectivity index (χ0n) is 13.3. The first kappa shape index (κ1) is 16.3. The van der Waals surface area contributed by atoms with E-state index in [-0.39, 0.29) is 16.6 Å². The summed E-state index contributed by atoms with van der Waals surface area (Å²) >= 11 is 0. The number of hydrogen-bond donors (Lipinski definition) is 1. The number of rotatable bonds is 4. The smallest absolute Gasteiger partial charge is 0.339 e. The molecule has 0 aliphatic carbocycles. The van der Waals surface area contributed by atoms with Crippen LogP contribution in [0.4, 0.5) is 5.69 Å². The van der Waals surface area contributed by atoms with Gasteiger partial charge in [0, 0.05) is 12.1 Å². The third-order valence-corrected chi connectivity index (χ3v) is 5.01. The molecule has 2 aromatic rings. The Hall–Kier alpha value is -2.54. The zero-order valence-corrected chi connectivity index (χ0v) is 14.1. The fourth-order valence-corrected chi connectivity index (χ4v) is 3.52. The van der Waals surface area contributed by atoms with Gasteiger partial charge in [-0.2, -0.15) is 8.42 Å². The molecule has 24 heavy (non-hydrogen) atoms. The minimum Gasteiger partial charge on any atom is -0.493 e. The number of aryl methyl sites for hydroxylation is 2. The van der Waals surface area contributed by atoms with Gasteiger partial charge in [-0.1, -0.05) is 6.07 Å². The third kappa shape index (κ3) is 3.21. The highest BCUT2D eigenvalue weighted by molar-refractivity contribution is 7.87. The molecule has 6 nitrogen and oxygen atoms in total. The Bertz CT molecular complexity index is 905. The third-order valence-electron chi connectivity index (χ3n) is 3.78. The first-order valence-electron chi connectivity index (χ1n) is 7.41. The van der Waals surface area contributed by atoms with E-state index in [9.17, 15) is 13.2 Å². The Labute approximate surface area is 140 Å². The summed E-state index contributed by atoms with van der Waals surface area (Å²) in [7, 11) is -2.54. The first-order valence-corrected chi connectivity index (χ1v) is 8.82. The summed E-state index contributed by atoms with van der Waals surface area (Å²) < 4.78 is 35.5. The summed E-state index contributed by atoms with van der Waals surface area (Å²) in [6.45, 7) is 1.87. The quantitative estimate of drug-likeness (QED) is 0.860. The fourth-order valence-electron chi connectivity index (χ4n) is 2.53. The molecule has 0 spiro atoms. The number of nitrogens with one attached hydrogen (secondary N) is 1. The van der Waals surface area contributed by atoms with Crippen LogP contribution in [0.5, 0.6) is 11.5 Å². The number of hydrogen-bond acceptors (Lipinski definition) is 5. The van der Waals surface area contributed by atoms with Crippen molar-refractivity contribution in [3.05, 3.63) is 47.5 Å². The average Bonchev–Trinajstić information content (AvgIpc) is 2.55. The maximum Gasteiger partial charge on any atom is 0.339 e. The lowest BCUT2D eigenvalue weighted by Gasteiger charge is -2.18. The summed E-state index contributed by atoms with van der Waals surface area (Å²) in [5.41, 5.74) is 2.34. The number of carbonyl (C=O) groups excluding carboxylic acids is 1. The van der Waals surface area contributed by atoms with Crippen molar-refractivity contribution in [2.24, 2.45) is 0 Å². The van der Waals surface area contributed by atoms with Crippen molar-refractivity contribution in [2.45, 2.75) is 24.7 Å². The molecule has 0 saturated carbocycles. The van der Waals surface area contributed by atoms with Gasteiger partial charge in [0.1, 0.15) is 4.90 Å². The van der Waals surface area contributed by atoms with Gasteiger partial charge in [-0.25, -0.2) is 0 Å². The molecule has 1 amide bonds. The van der Waals surface area contributed by atoms with E-state index in [1.165, 1.54) is 19.2 Å². The molecule has 0 radical (unpaired) electrons. The van der Waals surface area contributed by atoms with Gasteiger partial charge in [-0.05, 0) is 54.8 Å². The van der Waals surface area contributed by atoms with Gasteiger partial charge >= 0.3 is 10.1 Å². The van der Waals surface area contributed by atoms with Crippen LogP contribution in [0.2, 0.25) is 0 Å². The fraction of sp³-hybridized carbons (Fsp3) is 0.235. The van der Waals surface area contributed by atoms with Crippen LogP contribution in [0.3, 0.4) is 0 Å². The summed E-state index contributed by atoms with van der Waals surface area (Å²) in [5.74, 6) is 0.414. The van der Waals surface area contributed by atoms with Gasteiger partial charge in [0.15, 0.2) is 11.5 Å². The van der Waals surface area contributed by atoms with Crippen molar-refractivity contribution < 1.29 is 22.1 Å². The van der Waals surface area contributed by atoms with Gasteiger partial charge in [0.25, 0.3) is 0 Å². The lowest BCUT2D eigenvalue weighted by atomic mass is 10.0. The van der Waals surface area contributed by atoms with Crippen LogP contribution in [-0.4, -0.2) is 21.4 Å². The monoisotopic (exact) mass is 347 g/mol. The molecule has 0 bridgehead atoms. The van der Waals surface area contributed by atoms with Crippen LogP contribution < -0.4 is 14.2 Å². The van der Waals surface area contributed by atoms with Gasteiger partial charge < -0.3 is 14.2 Å². The first-order chi connectivity index (χ1) is 11.4. The van der Waals surface area contributed by atoms with E-state index in [0.29, 0.717) is 24.3 Å². The van der Waals surface area contributed by atoms with Crippen LogP contribution in [0, 0.1) is 6.92 Å². The number of benzene rings is 2. The highest BCUT2D eigenvalue weighted by Crippen LogP contribution is 2.32. The summed E-state index contributed by atoms with van der Waals surface area (Å²) in [6, 6.07) is 9.54. The lowest BCUT2D eigenvalue weighted by molar-refractivity contribution is -0.116. The van der Waals surface area contributed by atoms with Gasteiger partial charge in [0.2, 0.25) is 5.91 Å². The predicted molar refractivity (Wildman–Crippen MR) is 88.9 cm³/mol. The molecular weight excluding hydrogens is 330 g/mol. The van der Waals surface area contributed by atoms with Crippen molar-refractivity contribution >= 4 is 21.7 Å². The molecule has 1 aliphatic heterocycles. The summed E-state index contributed by atoms with van der Waals surface area (Å²) in [6.07, 6.45) is 0.835. The molecule has 1 N–H and O–H groups in total. The van der Waals surface area contributed by atoms with Crippen LogP contribution >= 0.6 is 0 Å². The molecule has 0 saturated heterocycles. The second-order valence-corrected chi connectivity index (χ2v) is 7.11. The highest BCUT2D eigenvalue weighted by Gasteiger charge is 2.22. The van der Waals surface area contributed by atoms with E-state index in [4.69, 9.17) is 8.92 Å². The predicted octanol–water partition coefficient (Wildman–Crippen LogP) is 2.66. The van der Waals surface area contributed by atoms with Crippen LogP contribution in [0.15, 0.2) is 41.3 Å². The van der Waals surface area contributed by atoms with Gasteiger partial charge in [-0.15, -0.1) is 0 Å². The number of methoxy groups -OCH3 is 1. The molecule has 126 valence electrons. The largest absolute Gasteiger partial charge is 0.493 e. The lowest BCUT2D eigenvalue weighted by Crippen LogP contribution is -2.19. The molecule has 7 heteroatoms. The molecule has 0 aromatic heterocycles. The van der Waals surface area contributed by atoms with Crippen molar-refractivity contribution in [1.82, 2.24) is 0 Å². The van der Waals surface area contributed by atoms with E-state index < -0.39 is 10.1 Å². The Morgan fingerprint density at radius 1 is 1.04 bits per heavy atom. The van der Waals surface area contributed by atoms with Gasteiger partial charge in [-0.3, -0.25) is 4.79 Å². The highest BCUT2D eigenvalue weighted by atomic mass is 32.2. The van der Waals surface area contributed by atoms with Crippen LogP contribution in [0.1, 0.15) is 17.5 Å². The van der Waals surface area contributed by atoms with E-state index in [2.05, 4.69) is 5.32 Å². The van der Waals surface area contributed by atoms with E-state index in [0.717, 1.165) is 11.1 Å². The van der Waals surface area contributed by atoms with E-state index in [1.807, 2.05) is 6.92 Å². The second-order valence-electron chi connectivity index (χ2n) is 5.56. The number of amides is 1. The molecule has 0 atom stereocenters. The average molecular weight is 347 g/mol. The van der Waals surface area contributed by atoms with Crippen molar-refractivity contribution in [3.8, 4) is 11.5 Å². The second kappa shape index (κ2) is 6.16. The molecule has 1 aliphatic rings. The number of carbonyl (C=O) groups is 1. The minimum atomic E-state index is -4.00. The number of anilines is 1. The van der Waals surface area contributed by atoms with E-state index >= 15 is 0 Å². The maximum atomic E-state index is 12.5. The molecule has 0 fully saturated rings. The standard InChI is InChI=1S/C17H17NO5S/c1-11-3-7-15(16(9-11)22-2)23-24(20,21)13-5-6-14-12(10-13)4-8-17(19)18-14/h3,5-7,9-10H,4,8H2,1-2H3,(H,18,19). The Kier molecular flexibility index (Phi) is 4.19. The topological polar surface area (TPSA) is 81.7 Å². The number of ether oxygens (including phenoxy) is 1. The normalized spacial score (nSPS) is 13.8. The Morgan fingerprint density at radius 3 is 2.58 bits per heavy atom. The summed E-state index contributed by atoms with van der Waals surface area (Å²) in [4.78, 5) is 11.4. The molecule has 2 aromatic carbocycles. The molecule has 3 rings (SSSR count).